The lowest BCUT2D eigenvalue weighted by atomic mass is 9.96. The van der Waals surface area contributed by atoms with Crippen molar-refractivity contribution in [3.63, 3.8) is 0 Å². The Kier molecular flexibility index (Phi) is 6.35. The summed E-state index contributed by atoms with van der Waals surface area (Å²) in [6, 6.07) is 6.33. The van der Waals surface area contributed by atoms with Crippen LogP contribution in [0.3, 0.4) is 0 Å². The summed E-state index contributed by atoms with van der Waals surface area (Å²) in [7, 11) is 0. The summed E-state index contributed by atoms with van der Waals surface area (Å²) in [5, 5.41) is 0. The Bertz CT molecular complexity index is 679. The van der Waals surface area contributed by atoms with Crippen LogP contribution in [0.15, 0.2) is 24.3 Å². The number of rotatable bonds is 6. The van der Waals surface area contributed by atoms with Crippen molar-refractivity contribution in [2.75, 3.05) is 13.1 Å². The molecule has 1 aromatic rings. The summed E-state index contributed by atoms with van der Waals surface area (Å²) < 4.78 is 43.9. The van der Waals surface area contributed by atoms with Gasteiger partial charge in [-0.15, -0.1) is 0 Å². The molecule has 0 aliphatic carbocycles. The van der Waals surface area contributed by atoms with Gasteiger partial charge in [0.15, 0.2) is 0 Å². The predicted molar refractivity (Wildman–Crippen MR) is 95.4 cm³/mol. The van der Waals surface area contributed by atoms with Crippen molar-refractivity contribution in [2.24, 2.45) is 0 Å². The maximum absolute atomic E-state index is 12.9. The molecule has 1 aromatic carbocycles. The van der Waals surface area contributed by atoms with Crippen LogP contribution in [0.2, 0.25) is 0 Å². The molecule has 0 aromatic heterocycles. The highest BCUT2D eigenvalue weighted by Gasteiger charge is 2.45. The second kappa shape index (κ2) is 8.00. The molecule has 1 aliphatic rings. The number of ketones is 1. The molecule has 150 valence electrons. The Hall–Kier alpha value is -1.89. The first-order valence-electron chi connectivity index (χ1n) is 9.00. The first kappa shape index (κ1) is 21.4. The van der Waals surface area contributed by atoms with Gasteiger partial charge in [-0.3, -0.25) is 14.5 Å². The van der Waals surface area contributed by atoms with Crippen LogP contribution in [0, 0.1) is 0 Å². The Morgan fingerprint density at radius 2 is 1.85 bits per heavy atom. The van der Waals surface area contributed by atoms with Gasteiger partial charge in [0, 0.05) is 19.4 Å². The number of Topliss-reactive ketones (excluding diaryl/α,β-unsaturated/α-hetero) is 1. The van der Waals surface area contributed by atoms with E-state index in [4.69, 9.17) is 4.74 Å². The van der Waals surface area contributed by atoms with E-state index in [1.165, 1.54) is 0 Å². The number of benzene rings is 1. The van der Waals surface area contributed by atoms with Crippen LogP contribution in [0.5, 0.6) is 0 Å². The van der Waals surface area contributed by atoms with Crippen LogP contribution in [-0.4, -0.2) is 47.6 Å². The van der Waals surface area contributed by atoms with Gasteiger partial charge >= 0.3 is 12.1 Å². The molecule has 1 fully saturated rings. The molecular weight excluding hydrogens is 359 g/mol. The largest absolute Gasteiger partial charge is 0.457 e. The second-order valence-corrected chi connectivity index (χ2v) is 8.03. The fourth-order valence-electron chi connectivity index (χ4n) is 3.27. The quantitative estimate of drug-likeness (QED) is 0.698. The summed E-state index contributed by atoms with van der Waals surface area (Å²) >= 11 is 0. The van der Waals surface area contributed by atoms with Gasteiger partial charge in [-0.05, 0) is 30.9 Å². The van der Waals surface area contributed by atoms with Gasteiger partial charge in [-0.25, -0.2) is 0 Å². The molecule has 1 heterocycles. The number of esters is 1. The third-order valence-corrected chi connectivity index (χ3v) is 4.52. The van der Waals surface area contributed by atoms with Gasteiger partial charge in [-0.1, -0.05) is 38.1 Å². The monoisotopic (exact) mass is 385 g/mol. The van der Waals surface area contributed by atoms with Crippen molar-refractivity contribution < 1.29 is 27.5 Å². The molecule has 27 heavy (non-hydrogen) atoms. The molecule has 0 saturated carbocycles. The SMILES string of the molecule is CC(C)c1ccc(CC(=O)CC2C(=O)OC(C)(C)CN2CC(F)(F)F)cc1. The summed E-state index contributed by atoms with van der Waals surface area (Å²) in [5.74, 6) is -0.703. The zero-order chi connectivity index (χ0) is 20.4. The zero-order valence-electron chi connectivity index (χ0n) is 16.1. The fourth-order valence-corrected chi connectivity index (χ4v) is 3.27. The van der Waals surface area contributed by atoms with E-state index in [1.807, 2.05) is 24.3 Å². The maximum atomic E-state index is 12.9. The van der Waals surface area contributed by atoms with E-state index in [0.717, 1.165) is 16.0 Å². The molecule has 0 amide bonds. The van der Waals surface area contributed by atoms with Gasteiger partial charge in [-0.2, -0.15) is 13.2 Å². The Balaban J connectivity index is 2.07. The Morgan fingerprint density at radius 3 is 2.37 bits per heavy atom. The molecule has 1 aliphatic heterocycles. The first-order chi connectivity index (χ1) is 12.4. The van der Waals surface area contributed by atoms with E-state index < -0.39 is 30.3 Å². The van der Waals surface area contributed by atoms with Crippen LogP contribution in [0.1, 0.15) is 51.2 Å². The van der Waals surface area contributed by atoms with Gasteiger partial charge in [0.25, 0.3) is 0 Å². The third kappa shape index (κ3) is 6.34. The molecule has 1 atom stereocenters. The summed E-state index contributed by atoms with van der Waals surface area (Å²) in [4.78, 5) is 25.6. The fraction of sp³-hybridized carbons (Fsp3) is 0.600. The number of morpholine rings is 1. The number of carbonyl (C=O) groups excluding carboxylic acids is 2. The van der Waals surface area contributed by atoms with E-state index in [9.17, 15) is 22.8 Å². The molecular formula is C20H26F3NO3. The van der Waals surface area contributed by atoms with Crippen molar-refractivity contribution in [1.29, 1.82) is 0 Å². The Morgan fingerprint density at radius 1 is 1.26 bits per heavy atom. The summed E-state index contributed by atoms with van der Waals surface area (Å²) in [6.45, 7) is 5.92. The highest BCUT2D eigenvalue weighted by Crippen LogP contribution is 2.28. The number of halogens is 3. The van der Waals surface area contributed by atoms with Crippen molar-refractivity contribution >= 4 is 11.8 Å². The number of hydrogen-bond acceptors (Lipinski definition) is 4. The van der Waals surface area contributed by atoms with Crippen LogP contribution in [0.25, 0.3) is 0 Å². The lowest BCUT2D eigenvalue weighted by Gasteiger charge is -2.42. The maximum Gasteiger partial charge on any atom is 0.401 e. The van der Waals surface area contributed by atoms with Crippen LogP contribution >= 0.6 is 0 Å². The van der Waals surface area contributed by atoms with Gasteiger partial charge in [0.1, 0.15) is 17.4 Å². The summed E-state index contributed by atoms with van der Waals surface area (Å²) in [5.41, 5.74) is 0.895. The van der Waals surface area contributed by atoms with E-state index in [1.54, 1.807) is 13.8 Å². The number of ether oxygens (including phenoxy) is 1. The van der Waals surface area contributed by atoms with Crippen molar-refractivity contribution in [1.82, 2.24) is 4.90 Å². The Labute approximate surface area is 157 Å². The number of cyclic esters (lactones) is 1. The first-order valence-corrected chi connectivity index (χ1v) is 9.00. The van der Waals surface area contributed by atoms with Crippen LogP contribution in [0.4, 0.5) is 13.2 Å². The molecule has 4 nitrogen and oxygen atoms in total. The van der Waals surface area contributed by atoms with Gasteiger partial charge in [0.05, 0.1) is 6.54 Å². The minimum atomic E-state index is -4.46. The normalized spacial score (nSPS) is 20.6. The van der Waals surface area contributed by atoms with E-state index in [0.29, 0.717) is 5.92 Å². The minimum Gasteiger partial charge on any atom is -0.457 e. The summed E-state index contributed by atoms with van der Waals surface area (Å²) in [6.07, 6.45) is -4.68. The van der Waals surface area contributed by atoms with E-state index in [-0.39, 0.29) is 25.2 Å². The highest BCUT2D eigenvalue weighted by molar-refractivity contribution is 5.88. The van der Waals surface area contributed by atoms with Crippen molar-refractivity contribution in [2.45, 2.75) is 64.3 Å². The van der Waals surface area contributed by atoms with Gasteiger partial charge < -0.3 is 4.74 Å². The lowest BCUT2D eigenvalue weighted by molar-refractivity contribution is -0.196. The highest BCUT2D eigenvalue weighted by atomic mass is 19.4. The molecule has 7 heteroatoms. The molecule has 0 spiro atoms. The molecule has 0 bridgehead atoms. The molecule has 0 radical (unpaired) electrons. The number of alkyl halides is 3. The third-order valence-electron chi connectivity index (χ3n) is 4.52. The lowest BCUT2D eigenvalue weighted by Crippen LogP contribution is -2.59. The van der Waals surface area contributed by atoms with E-state index >= 15 is 0 Å². The van der Waals surface area contributed by atoms with Crippen LogP contribution < -0.4 is 0 Å². The number of nitrogens with zero attached hydrogens (tertiary/aromatic N) is 1. The van der Waals surface area contributed by atoms with Crippen molar-refractivity contribution in [3.05, 3.63) is 35.4 Å². The van der Waals surface area contributed by atoms with Crippen LogP contribution in [-0.2, 0) is 20.7 Å². The van der Waals surface area contributed by atoms with E-state index in [2.05, 4.69) is 13.8 Å². The second-order valence-electron chi connectivity index (χ2n) is 8.03. The topological polar surface area (TPSA) is 46.6 Å². The number of carbonyl (C=O) groups is 2. The zero-order valence-corrected chi connectivity index (χ0v) is 16.1. The average Bonchev–Trinajstić information content (AvgIpc) is 2.49. The smallest absolute Gasteiger partial charge is 0.401 e. The predicted octanol–water partition coefficient (Wildman–Crippen LogP) is 3.88. The molecule has 1 saturated heterocycles. The number of hydrogen-bond donors (Lipinski definition) is 0. The average molecular weight is 385 g/mol. The standard InChI is InChI=1S/C20H26F3NO3/c1-13(2)15-7-5-14(6-8-15)9-16(25)10-17-18(26)27-19(3,4)11-24(17)12-20(21,22)23/h5-8,13,17H,9-12H2,1-4H3. The van der Waals surface area contributed by atoms with Gasteiger partial charge in [0.2, 0.25) is 0 Å². The molecule has 0 N–H and O–H groups in total. The molecule has 1 unspecified atom stereocenters. The minimum absolute atomic E-state index is 0.0702. The molecule has 2 rings (SSSR count). The van der Waals surface area contributed by atoms with Crippen molar-refractivity contribution in [3.8, 4) is 0 Å².